The molecule has 0 fully saturated rings. The Balaban J connectivity index is 2.31. The fourth-order valence-electron chi connectivity index (χ4n) is 1.98. The van der Waals surface area contributed by atoms with Gasteiger partial charge < -0.3 is 19.7 Å². The molecule has 2 aromatic rings. The zero-order chi connectivity index (χ0) is 17.0. The maximum atomic E-state index is 12.1. The van der Waals surface area contributed by atoms with Crippen molar-refractivity contribution in [3.05, 3.63) is 52.0 Å². The topological polar surface area (TPSA) is 76.0 Å². The van der Waals surface area contributed by atoms with Crippen LogP contribution < -0.4 is 9.47 Å². The van der Waals surface area contributed by atoms with Gasteiger partial charge >= 0.3 is 0 Å². The summed E-state index contributed by atoms with van der Waals surface area (Å²) in [4.78, 5) is 12.1. The summed E-state index contributed by atoms with van der Waals surface area (Å²) in [6.07, 6.45) is 2.93. The number of hydrogen-bond donors (Lipinski definition) is 2. The highest BCUT2D eigenvalue weighted by Gasteiger charge is 2.11. The molecule has 0 aromatic heterocycles. The molecule has 0 aliphatic rings. The molecule has 23 heavy (non-hydrogen) atoms. The number of hydrogen-bond acceptors (Lipinski definition) is 5. The lowest BCUT2D eigenvalue weighted by atomic mass is 10.1. The maximum absolute atomic E-state index is 12.1. The number of phenolic OH excluding ortho intramolecular Hbond substituents is 2. The van der Waals surface area contributed by atoms with Gasteiger partial charge in [0.1, 0.15) is 11.5 Å². The van der Waals surface area contributed by atoms with Crippen LogP contribution in [0.2, 0.25) is 0 Å². The summed E-state index contributed by atoms with van der Waals surface area (Å²) < 4.78 is 11.1. The highest BCUT2D eigenvalue weighted by atomic mass is 79.9. The van der Waals surface area contributed by atoms with Crippen molar-refractivity contribution in [2.45, 2.75) is 0 Å². The van der Waals surface area contributed by atoms with Crippen LogP contribution in [0.4, 0.5) is 0 Å². The van der Waals surface area contributed by atoms with Gasteiger partial charge in [-0.15, -0.1) is 0 Å². The molecule has 0 bridgehead atoms. The smallest absolute Gasteiger partial charge is 0.189 e. The van der Waals surface area contributed by atoms with E-state index in [1.807, 2.05) is 0 Å². The van der Waals surface area contributed by atoms with Crippen LogP contribution in [0.15, 0.2) is 40.9 Å². The molecule has 0 aliphatic carbocycles. The van der Waals surface area contributed by atoms with E-state index in [1.165, 1.54) is 32.4 Å². The average Bonchev–Trinajstić information content (AvgIpc) is 2.53. The quantitative estimate of drug-likeness (QED) is 0.611. The number of methoxy groups -OCH3 is 2. The third kappa shape index (κ3) is 3.84. The van der Waals surface area contributed by atoms with Crippen LogP contribution in [0.3, 0.4) is 0 Å². The first kappa shape index (κ1) is 16.9. The number of ether oxygens (including phenoxy) is 2. The van der Waals surface area contributed by atoms with Gasteiger partial charge in [0.25, 0.3) is 0 Å². The molecule has 0 heterocycles. The number of ketones is 1. The SMILES string of the molecule is COc1cc(Br)c(/C=C/C(=O)c2ccc(O)cc2O)cc1OC. The molecule has 0 spiro atoms. The Morgan fingerprint density at radius 2 is 1.74 bits per heavy atom. The van der Waals surface area contributed by atoms with Gasteiger partial charge in [-0.2, -0.15) is 0 Å². The molecule has 6 heteroatoms. The Morgan fingerprint density at radius 1 is 1.09 bits per heavy atom. The van der Waals surface area contributed by atoms with Gasteiger partial charge in [0, 0.05) is 10.5 Å². The molecule has 2 rings (SSSR count). The standard InChI is InChI=1S/C17H15BrO5/c1-22-16-7-10(13(18)9-17(16)23-2)3-6-14(20)12-5-4-11(19)8-15(12)21/h3-9,19,21H,1-2H3/b6-3+. The minimum atomic E-state index is -0.385. The van der Waals surface area contributed by atoms with E-state index in [0.29, 0.717) is 17.1 Å². The van der Waals surface area contributed by atoms with E-state index in [1.54, 1.807) is 18.2 Å². The Morgan fingerprint density at radius 3 is 2.35 bits per heavy atom. The van der Waals surface area contributed by atoms with E-state index in [-0.39, 0.29) is 22.8 Å². The lowest BCUT2D eigenvalue weighted by Crippen LogP contribution is -1.95. The first-order valence-corrected chi connectivity index (χ1v) is 7.41. The number of rotatable bonds is 5. The molecule has 0 atom stereocenters. The zero-order valence-electron chi connectivity index (χ0n) is 12.5. The second-order valence-corrected chi connectivity index (χ2v) is 5.48. The van der Waals surface area contributed by atoms with Crippen LogP contribution in [0.5, 0.6) is 23.0 Å². The van der Waals surface area contributed by atoms with Crippen molar-refractivity contribution in [3.63, 3.8) is 0 Å². The van der Waals surface area contributed by atoms with Gasteiger partial charge in [0.2, 0.25) is 0 Å². The number of benzene rings is 2. The lowest BCUT2D eigenvalue weighted by molar-refractivity contribution is 0.104. The third-order valence-corrected chi connectivity index (χ3v) is 3.85. The third-order valence-electron chi connectivity index (χ3n) is 3.16. The summed E-state index contributed by atoms with van der Waals surface area (Å²) in [5, 5.41) is 19.0. The molecule has 120 valence electrons. The molecular weight excluding hydrogens is 364 g/mol. The maximum Gasteiger partial charge on any atom is 0.189 e. The first-order chi connectivity index (χ1) is 11.0. The molecule has 0 amide bonds. The zero-order valence-corrected chi connectivity index (χ0v) is 14.1. The Kier molecular flexibility index (Phi) is 5.28. The second kappa shape index (κ2) is 7.19. The minimum Gasteiger partial charge on any atom is -0.508 e. The fourth-order valence-corrected chi connectivity index (χ4v) is 2.44. The van der Waals surface area contributed by atoms with Crippen molar-refractivity contribution < 1.29 is 24.5 Å². The Labute approximate surface area is 141 Å². The predicted molar refractivity (Wildman–Crippen MR) is 90.4 cm³/mol. The fraction of sp³-hybridized carbons (Fsp3) is 0.118. The summed E-state index contributed by atoms with van der Waals surface area (Å²) in [5.74, 6) is 0.343. The molecule has 2 aromatic carbocycles. The molecule has 2 N–H and O–H groups in total. The predicted octanol–water partition coefficient (Wildman–Crippen LogP) is 3.77. The number of aromatic hydroxyl groups is 2. The Hall–Kier alpha value is -2.47. The molecule has 0 aliphatic heterocycles. The van der Waals surface area contributed by atoms with Crippen LogP contribution in [-0.2, 0) is 0 Å². The van der Waals surface area contributed by atoms with Gasteiger partial charge in [-0.3, -0.25) is 4.79 Å². The minimum absolute atomic E-state index is 0.106. The number of carbonyl (C=O) groups is 1. The van der Waals surface area contributed by atoms with E-state index in [9.17, 15) is 15.0 Å². The summed E-state index contributed by atoms with van der Waals surface area (Å²) in [6, 6.07) is 7.28. The molecule has 0 saturated heterocycles. The monoisotopic (exact) mass is 378 g/mol. The van der Waals surface area contributed by atoms with E-state index >= 15 is 0 Å². The first-order valence-electron chi connectivity index (χ1n) is 6.62. The summed E-state index contributed by atoms with van der Waals surface area (Å²) in [5.41, 5.74) is 0.824. The lowest BCUT2D eigenvalue weighted by Gasteiger charge is -2.09. The van der Waals surface area contributed by atoms with Crippen molar-refractivity contribution in [3.8, 4) is 23.0 Å². The highest BCUT2D eigenvalue weighted by molar-refractivity contribution is 9.10. The van der Waals surface area contributed by atoms with E-state index in [4.69, 9.17) is 9.47 Å². The number of halogens is 1. The van der Waals surface area contributed by atoms with E-state index in [2.05, 4.69) is 15.9 Å². The molecule has 0 radical (unpaired) electrons. The van der Waals surface area contributed by atoms with Crippen LogP contribution in [0.25, 0.3) is 6.08 Å². The number of phenols is 2. The largest absolute Gasteiger partial charge is 0.508 e. The van der Waals surface area contributed by atoms with Crippen LogP contribution in [0, 0.1) is 0 Å². The van der Waals surface area contributed by atoms with Crippen molar-refractivity contribution in [2.24, 2.45) is 0 Å². The molecule has 0 unspecified atom stereocenters. The van der Waals surface area contributed by atoms with Crippen molar-refractivity contribution >= 4 is 27.8 Å². The van der Waals surface area contributed by atoms with Crippen LogP contribution in [0.1, 0.15) is 15.9 Å². The Bertz CT molecular complexity index is 768. The molecular formula is C17H15BrO5. The summed E-state index contributed by atoms with van der Waals surface area (Å²) in [6.45, 7) is 0. The summed E-state index contributed by atoms with van der Waals surface area (Å²) in [7, 11) is 3.07. The van der Waals surface area contributed by atoms with E-state index in [0.717, 1.165) is 10.5 Å². The van der Waals surface area contributed by atoms with Gasteiger partial charge in [-0.05, 0) is 42.0 Å². The number of carbonyl (C=O) groups excluding carboxylic acids is 1. The average molecular weight is 379 g/mol. The van der Waals surface area contributed by atoms with Gasteiger partial charge in [-0.25, -0.2) is 0 Å². The van der Waals surface area contributed by atoms with Gasteiger partial charge in [0.05, 0.1) is 19.8 Å². The molecule has 5 nitrogen and oxygen atoms in total. The van der Waals surface area contributed by atoms with Gasteiger partial charge in [0.15, 0.2) is 17.3 Å². The van der Waals surface area contributed by atoms with Crippen LogP contribution >= 0.6 is 15.9 Å². The summed E-state index contributed by atoms with van der Waals surface area (Å²) >= 11 is 3.40. The second-order valence-electron chi connectivity index (χ2n) is 4.63. The van der Waals surface area contributed by atoms with Crippen molar-refractivity contribution in [1.82, 2.24) is 0 Å². The van der Waals surface area contributed by atoms with Crippen molar-refractivity contribution in [1.29, 1.82) is 0 Å². The number of allylic oxidation sites excluding steroid dienone is 1. The van der Waals surface area contributed by atoms with Gasteiger partial charge in [-0.1, -0.05) is 15.9 Å². The van der Waals surface area contributed by atoms with E-state index < -0.39 is 0 Å². The highest BCUT2D eigenvalue weighted by Crippen LogP contribution is 2.34. The van der Waals surface area contributed by atoms with Crippen molar-refractivity contribution in [2.75, 3.05) is 14.2 Å². The molecule has 0 saturated carbocycles. The van der Waals surface area contributed by atoms with Crippen LogP contribution in [-0.4, -0.2) is 30.2 Å². The normalized spacial score (nSPS) is 10.7.